The number of halogens is 1. The second kappa shape index (κ2) is 14.9. The molecule has 2 nitrogen and oxygen atoms in total. The molecule has 0 spiro atoms. The first-order chi connectivity index (χ1) is 21.9. The minimum atomic E-state index is -2.45. The summed E-state index contributed by atoms with van der Waals surface area (Å²) < 4.78 is 5.17. The maximum Gasteiger partial charge on any atom is 0.197 e. The van der Waals surface area contributed by atoms with Crippen LogP contribution < -0.4 is 54.5 Å². The van der Waals surface area contributed by atoms with Gasteiger partial charge in [-0.1, -0.05) is 132 Å². The van der Waals surface area contributed by atoms with Gasteiger partial charge in [-0.05, 0) is 62.4 Å². The zero-order chi connectivity index (χ0) is 31.3. The minimum Gasteiger partial charge on any atom is -1.00 e. The quantitative estimate of drug-likeness (QED) is 0.136. The molecule has 0 N–H and O–H groups in total. The molecule has 0 unspecified atom stereocenters. The summed E-state index contributed by atoms with van der Waals surface area (Å²) >= 11 is 0. The molecule has 232 valence electrons. The first-order valence-electron chi connectivity index (χ1n) is 15.4. The molecule has 0 aliphatic rings. The molecule has 0 saturated heterocycles. The van der Waals surface area contributed by atoms with Crippen LogP contribution in [0.2, 0.25) is 0 Å². The number of rotatable bonds is 9. The Hall–Kier alpha value is -3.62. The molecule has 0 aromatic heterocycles. The van der Waals surface area contributed by atoms with Crippen molar-refractivity contribution in [3.63, 3.8) is 0 Å². The van der Waals surface area contributed by atoms with E-state index in [2.05, 4.69) is 213 Å². The lowest BCUT2D eigenvalue weighted by Gasteiger charge is -2.41. The lowest BCUT2D eigenvalue weighted by Crippen LogP contribution is -3.00. The van der Waals surface area contributed by atoms with Crippen molar-refractivity contribution in [1.29, 1.82) is 0 Å². The fraction of sp³-hybridized carbons (Fsp3) is 0.0976. The third-order valence-electron chi connectivity index (χ3n) is 8.70. The monoisotopic (exact) mass is 750 g/mol. The van der Waals surface area contributed by atoms with E-state index in [1.807, 2.05) is 0 Å². The highest BCUT2D eigenvalue weighted by atomic mass is 127. The molecule has 6 aromatic carbocycles. The Labute approximate surface area is 293 Å². The van der Waals surface area contributed by atoms with Crippen LogP contribution in [-0.2, 0) is 0 Å². The predicted molar refractivity (Wildman–Crippen MR) is 203 cm³/mol. The van der Waals surface area contributed by atoms with Gasteiger partial charge in [0.05, 0.1) is 12.7 Å². The number of aryl methyl sites for hydroxylation is 2. The normalized spacial score (nSPS) is 11.3. The van der Waals surface area contributed by atoms with Gasteiger partial charge in [-0.15, -0.1) is 0 Å². The Morgan fingerprint density at radius 1 is 0.457 bits per heavy atom. The summed E-state index contributed by atoms with van der Waals surface area (Å²) in [6.07, 6.45) is 0. The van der Waals surface area contributed by atoms with E-state index in [9.17, 15) is 0 Å². The topological polar surface area (TPSA) is 6.48 Å². The van der Waals surface area contributed by atoms with E-state index in [1.54, 1.807) is 0 Å². The zero-order valence-electron chi connectivity index (χ0n) is 26.9. The van der Waals surface area contributed by atoms with Crippen LogP contribution in [0.25, 0.3) is 0 Å². The number of anilines is 2. The van der Waals surface area contributed by atoms with Crippen molar-refractivity contribution < 1.29 is 24.0 Å². The standard InChI is InChI=1S/C41H41N2P2.HI/c1-34-25-29-36(30-26-34)42(3)44(38-17-9-5-10-18-38,39-19-11-6-12-20-39)33-45(40-21-13-7-14-22-40,41-23-15-8-16-24-41)43(4)37-31-27-35(2)28-32-37;/h5-33H,1-4H3;1H/q+1;/p-1. The summed E-state index contributed by atoms with van der Waals surface area (Å²) in [5, 5.41) is 5.31. The van der Waals surface area contributed by atoms with E-state index < -0.39 is 14.4 Å². The zero-order valence-corrected chi connectivity index (χ0v) is 30.9. The van der Waals surface area contributed by atoms with Gasteiger partial charge in [-0.25, -0.2) is 4.67 Å². The molecular weight excluding hydrogens is 709 g/mol. The van der Waals surface area contributed by atoms with Crippen LogP contribution in [0.4, 0.5) is 11.4 Å². The highest BCUT2D eigenvalue weighted by Crippen LogP contribution is 2.65. The van der Waals surface area contributed by atoms with E-state index in [-0.39, 0.29) is 24.0 Å². The van der Waals surface area contributed by atoms with Crippen LogP contribution in [0.5, 0.6) is 0 Å². The van der Waals surface area contributed by atoms with Crippen molar-refractivity contribution in [2.75, 3.05) is 23.4 Å². The van der Waals surface area contributed by atoms with Gasteiger partial charge in [0.1, 0.15) is 16.1 Å². The number of benzene rings is 6. The van der Waals surface area contributed by atoms with Crippen LogP contribution in [0.3, 0.4) is 0 Å². The van der Waals surface area contributed by atoms with Crippen molar-refractivity contribution in [1.82, 2.24) is 0 Å². The highest BCUT2D eigenvalue weighted by Gasteiger charge is 2.50. The van der Waals surface area contributed by atoms with E-state index in [0.717, 1.165) is 0 Å². The summed E-state index contributed by atoms with van der Waals surface area (Å²) in [6.45, 7) is 4.31. The van der Waals surface area contributed by atoms with Crippen LogP contribution in [0, 0.1) is 13.8 Å². The molecule has 0 bridgehead atoms. The van der Waals surface area contributed by atoms with Crippen LogP contribution >= 0.6 is 14.4 Å². The van der Waals surface area contributed by atoms with Gasteiger partial charge in [-0.3, -0.25) is 0 Å². The first kappa shape index (κ1) is 33.7. The Morgan fingerprint density at radius 3 is 1.20 bits per heavy atom. The number of hydrogen-bond donors (Lipinski definition) is 0. The number of hydrogen-bond acceptors (Lipinski definition) is 2. The molecule has 0 aliphatic carbocycles. The molecule has 5 heteroatoms. The van der Waals surface area contributed by atoms with Gasteiger partial charge in [0.15, 0.2) is 7.41 Å². The van der Waals surface area contributed by atoms with Crippen molar-refractivity contribution in [2.24, 2.45) is 0 Å². The summed E-state index contributed by atoms with van der Waals surface area (Å²) in [7, 11) is -0.304. The lowest BCUT2D eigenvalue weighted by atomic mass is 10.2. The van der Waals surface area contributed by atoms with Gasteiger partial charge >= 0.3 is 0 Å². The minimum absolute atomic E-state index is 0. The molecule has 46 heavy (non-hydrogen) atoms. The second-order valence-electron chi connectivity index (χ2n) is 11.5. The Bertz CT molecular complexity index is 1800. The molecule has 6 rings (SSSR count). The molecule has 0 fully saturated rings. The molecule has 0 heterocycles. The van der Waals surface area contributed by atoms with Gasteiger partial charge in [0.2, 0.25) is 0 Å². The van der Waals surface area contributed by atoms with Crippen molar-refractivity contribution >= 4 is 52.6 Å². The van der Waals surface area contributed by atoms with E-state index >= 15 is 0 Å². The molecule has 0 amide bonds. The molecule has 0 saturated carbocycles. The van der Waals surface area contributed by atoms with Crippen LogP contribution in [0.1, 0.15) is 11.1 Å². The Balaban J connectivity index is 0.00000417. The summed E-state index contributed by atoms with van der Waals surface area (Å²) in [4.78, 5) is 0. The van der Waals surface area contributed by atoms with Gasteiger partial charge in [0.25, 0.3) is 0 Å². The average molecular weight is 751 g/mol. The summed E-state index contributed by atoms with van der Waals surface area (Å²) in [5.74, 6) is 0. The van der Waals surface area contributed by atoms with Crippen molar-refractivity contribution in [3.05, 3.63) is 181 Å². The highest BCUT2D eigenvalue weighted by molar-refractivity contribution is 8.14. The molecule has 0 aliphatic heterocycles. The largest absolute Gasteiger partial charge is 1.00 e. The molecule has 6 aromatic rings. The fourth-order valence-electron chi connectivity index (χ4n) is 6.16. The third kappa shape index (κ3) is 6.47. The average Bonchev–Trinajstić information content (AvgIpc) is 3.11. The van der Waals surface area contributed by atoms with Crippen LogP contribution in [-0.4, -0.2) is 19.6 Å². The molecule has 0 radical (unpaired) electrons. The maximum atomic E-state index is 2.80. The summed E-state index contributed by atoms with van der Waals surface area (Å²) in [6, 6.07) is 62.7. The van der Waals surface area contributed by atoms with E-state index in [4.69, 9.17) is 0 Å². The molecule has 0 atom stereocenters. The van der Waals surface area contributed by atoms with E-state index in [1.165, 1.54) is 43.7 Å². The van der Waals surface area contributed by atoms with Gasteiger partial charge in [-0.2, -0.15) is 0 Å². The van der Waals surface area contributed by atoms with Crippen molar-refractivity contribution in [2.45, 2.75) is 13.8 Å². The fourth-order valence-corrected chi connectivity index (χ4v) is 17.0. The Morgan fingerprint density at radius 2 is 0.804 bits per heavy atom. The third-order valence-corrected chi connectivity index (χ3v) is 18.1. The Kier molecular flexibility index (Phi) is 10.9. The smallest absolute Gasteiger partial charge is 0.197 e. The van der Waals surface area contributed by atoms with Gasteiger partial charge in [0, 0.05) is 30.4 Å². The van der Waals surface area contributed by atoms with E-state index in [0.29, 0.717) is 0 Å². The molecular formula is C41H41IN2P2. The first-order valence-corrected chi connectivity index (χ1v) is 19.1. The number of nitrogens with zero attached hydrogens (tertiary/aromatic N) is 2. The maximum absolute atomic E-state index is 2.80. The van der Waals surface area contributed by atoms with Crippen molar-refractivity contribution in [3.8, 4) is 0 Å². The summed E-state index contributed by atoms with van der Waals surface area (Å²) in [5.41, 5.74) is 7.72. The van der Waals surface area contributed by atoms with Gasteiger partial charge < -0.3 is 28.6 Å². The second-order valence-corrected chi connectivity index (χ2v) is 18.5. The predicted octanol–water partition coefficient (Wildman–Crippen LogP) is 5.81. The SMILES string of the molecule is Cc1ccc(N(C)P(=C[P+](c2ccccc2)(c2ccccc2)N(C)c2ccc(C)cc2)(c2ccccc2)c2ccccc2)cc1.[I-]. The van der Waals surface area contributed by atoms with Crippen LogP contribution in [0.15, 0.2) is 170 Å². The lowest BCUT2D eigenvalue weighted by molar-refractivity contribution is -0.00000877.